The van der Waals surface area contributed by atoms with Crippen LogP contribution in [0.5, 0.6) is 0 Å². The molecule has 1 unspecified atom stereocenters. The standard InChI is InChI=1S/C21H21N3/c1-2-6-17(7-3-1)23-12-10-16(11-13-23)21-19-9-5-4-8-18(19)20-14-22-15-24(20)21/h1-9,14-16,21H,10-13H2. The number of piperidine rings is 1. The highest BCUT2D eigenvalue weighted by molar-refractivity contribution is 5.69. The fourth-order valence-corrected chi connectivity index (χ4v) is 4.47. The summed E-state index contributed by atoms with van der Waals surface area (Å²) in [5.74, 6) is 0.682. The third-order valence-corrected chi connectivity index (χ3v) is 5.63. The molecule has 5 rings (SSSR count). The molecule has 3 nitrogen and oxygen atoms in total. The van der Waals surface area contributed by atoms with Gasteiger partial charge in [0.25, 0.3) is 0 Å². The highest BCUT2D eigenvalue weighted by Gasteiger charge is 2.35. The first-order chi connectivity index (χ1) is 11.9. The molecule has 3 aromatic rings. The van der Waals surface area contributed by atoms with Crippen molar-refractivity contribution in [3.63, 3.8) is 0 Å². The molecule has 0 radical (unpaired) electrons. The fourth-order valence-electron chi connectivity index (χ4n) is 4.47. The van der Waals surface area contributed by atoms with Crippen molar-refractivity contribution in [3.05, 3.63) is 72.7 Å². The molecule has 0 bridgehead atoms. The van der Waals surface area contributed by atoms with E-state index in [9.17, 15) is 0 Å². The zero-order chi connectivity index (χ0) is 15.9. The summed E-state index contributed by atoms with van der Waals surface area (Å²) >= 11 is 0. The monoisotopic (exact) mass is 315 g/mol. The molecular weight excluding hydrogens is 294 g/mol. The minimum atomic E-state index is 0.455. The molecule has 0 spiro atoms. The summed E-state index contributed by atoms with van der Waals surface area (Å²) in [6.07, 6.45) is 6.48. The molecule has 1 aromatic heterocycles. The molecular formula is C21H21N3. The van der Waals surface area contributed by atoms with Crippen LogP contribution in [0, 0.1) is 5.92 Å². The highest BCUT2D eigenvalue weighted by Crippen LogP contribution is 2.45. The SMILES string of the molecule is c1ccc(N2CCC(C3c4ccccc4-c4cncn43)CC2)cc1. The molecule has 0 aliphatic carbocycles. The average molecular weight is 315 g/mol. The number of fused-ring (bicyclic) bond motifs is 3. The molecule has 2 aliphatic rings. The molecule has 120 valence electrons. The number of rotatable bonds is 2. The Hall–Kier alpha value is -2.55. The number of benzene rings is 2. The molecule has 0 amide bonds. The Morgan fingerprint density at radius 1 is 0.875 bits per heavy atom. The van der Waals surface area contributed by atoms with Crippen LogP contribution in [0.15, 0.2) is 67.1 Å². The predicted molar refractivity (Wildman–Crippen MR) is 97.2 cm³/mol. The van der Waals surface area contributed by atoms with Crippen molar-refractivity contribution in [2.24, 2.45) is 5.92 Å². The Kier molecular flexibility index (Phi) is 3.18. The highest BCUT2D eigenvalue weighted by atomic mass is 15.1. The van der Waals surface area contributed by atoms with Gasteiger partial charge in [0.2, 0.25) is 0 Å². The Balaban J connectivity index is 1.41. The first-order valence-electron chi connectivity index (χ1n) is 8.83. The van der Waals surface area contributed by atoms with Gasteiger partial charge in [0, 0.05) is 24.3 Å². The van der Waals surface area contributed by atoms with E-state index in [0.29, 0.717) is 12.0 Å². The summed E-state index contributed by atoms with van der Waals surface area (Å²) in [6, 6.07) is 20.1. The zero-order valence-corrected chi connectivity index (χ0v) is 13.7. The lowest BCUT2D eigenvalue weighted by molar-refractivity contribution is 0.317. The van der Waals surface area contributed by atoms with Crippen LogP contribution < -0.4 is 4.90 Å². The third-order valence-electron chi connectivity index (χ3n) is 5.63. The summed E-state index contributed by atoms with van der Waals surface area (Å²) < 4.78 is 2.40. The predicted octanol–water partition coefficient (Wildman–Crippen LogP) is 4.37. The van der Waals surface area contributed by atoms with E-state index >= 15 is 0 Å². The number of aromatic nitrogens is 2. The van der Waals surface area contributed by atoms with E-state index < -0.39 is 0 Å². The van der Waals surface area contributed by atoms with Crippen molar-refractivity contribution in [2.45, 2.75) is 18.9 Å². The van der Waals surface area contributed by atoms with Gasteiger partial charge < -0.3 is 9.47 Å². The normalized spacial score (nSPS) is 20.0. The summed E-state index contributed by atoms with van der Waals surface area (Å²) in [5.41, 5.74) is 5.48. The van der Waals surface area contributed by atoms with Gasteiger partial charge in [-0.2, -0.15) is 0 Å². The summed E-state index contributed by atoms with van der Waals surface area (Å²) in [7, 11) is 0. The van der Waals surface area contributed by atoms with Crippen molar-refractivity contribution in [1.82, 2.24) is 9.55 Å². The maximum Gasteiger partial charge on any atom is 0.0956 e. The Labute approximate surface area is 142 Å². The van der Waals surface area contributed by atoms with Crippen LogP contribution in [-0.2, 0) is 0 Å². The van der Waals surface area contributed by atoms with Crippen molar-refractivity contribution >= 4 is 5.69 Å². The summed E-state index contributed by atoms with van der Waals surface area (Å²) in [5, 5.41) is 0. The first-order valence-corrected chi connectivity index (χ1v) is 8.83. The Morgan fingerprint density at radius 2 is 1.62 bits per heavy atom. The Bertz CT molecular complexity index is 844. The molecule has 1 fully saturated rings. The molecule has 1 atom stereocenters. The molecule has 3 heterocycles. The largest absolute Gasteiger partial charge is 0.372 e. The second-order valence-electron chi connectivity index (χ2n) is 6.88. The lowest BCUT2D eigenvalue weighted by Gasteiger charge is -2.37. The van der Waals surface area contributed by atoms with Gasteiger partial charge in [-0.3, -0.25) is 0 Å². The number of para-hydroxylation sites is 1. The maximum absolute atomic E-state index is 4.40. The smallest absolute Gasteiger partial charge is 0.0956 e. The number of hydrogen-bond acceptors (Lipinski definition) is 2. The summed E-state index contributed by atoms with van der Waals surface area (Å²) in [4.78, 5) is 6.92. The van der Waals surface area contributed by atoms with Gasteiger partial charge in [0.05, 0.1) is 24.3 Å². The van der Waals surface area contributed by atoms with E-state index in [1.807, 2.05) is 12.5 Å². The van der Waals surface area contributed by atoms with Gasteiger partial charge in [-0.05, 0) is 36.5 Å². The van der Waals surface area contributed by atoms with Crippen molar-refractivity contribution < 1.29 is 0 Å². The average Bonchev–Trinajstić information content (AvgIpc) is 3.23. The number of hydrogen-bond donors (Lipinski definition) is 0. The molecule has 0 saturated carbocycles. The van der Waals surface area contributed by atoms with E-state index in [4.69, 9.17) is 0 Å². The number of nitrogens with zero attached hydrogens (tertiary/aromatic N) is 3. The second kappa shape index (κ2) is 5.52. The van der Waals surface area contributed by atoms with E-state index in [1.165, 1.54) is 35.3 Å². The number of imidazole rings is 1. The van der Waals surface area contributed by atoms with Gasteiger partial charge in [-0.25, -0.2) is 4.98 Å². The quantitative estimate of drug-likeness (QED) is 0.700. The van der Waals surface area contributed by atoms with Crippen molar-refractivity contribution in [3.8, 4) is 11.3 Å². The third kappa shape index (κ3) is 2.08. The van der Waals surface area contributed by atoms with Crippen molar-refractivity contribution in [2.75, 3.05) is 18.0 Å². The van der Waals surface area contributed by atoms with E-state index in [1.54, 1.807) is 0 Å². The Morgan fingerprint density at radius 3 is 2.46 bits per heavy atom. The topological polar surface area (TPSA) is 21.1 Å². The molecule has 24 heavy (non-hydrogen) atoms. The zero-order valence-electron chi connectivity index (χ0n) is 13.7. The second-order valence-corrected chi connectivity index (χ2v) is 6.88. The molecule has 2 aliphatic heterocycles. The molecule has 2 aromatic carbocycles. The van der Waals surface area contributed by atoms with Crippen LogP contribution in [-0.4, -0.2) is 22.6 Å². The van der Waals surface area contributed by atoms with Crippen LogP contribution in [0.2, 0.25) is 0 Å². The van der Waals surface area contributed by atoms with Gasteiger partial charge >= 0.3 is 0 Å². The van der Waals surface area contributed by atoms with Gasteiger partial charge in [0.15, 0.2) is 0 Å². The van der Waals surface area contributed by atoms with E-state index in [-0.39, 0.29) is 0 Å². The van der Waals surface area contributed by atoms with Crippen LogP contribution in [0.3, 0.4) is 0 Å². The number of anilines is 1. The van der Waals surface area contributed by atoms with E-state index in [2.05, 4.69) is 69.0 Å². The lowest BCUT2D eigenvalue weighted by atomic mass is 9.85. The van der Waals surface area contributed by atoms with Crippen LogP contribution in [0.4, 0.5) is 5.69 Å². The first kappa shape index (κ1) is 13.8. The molecule has 0 N–H and O–H groups in total. The lowest BCUT2D eigenvalue weighted by Crippen LogP contribution is -2.36. The van der Waals surface area contributed by atoms with Crippen LogP contribution in [0.1, 0.15) is 24.4 Å². The molecule has 3 heteroatoms. The minimum absolute atomic E-state index is 0.455. The minimum Gasteiger partial charge on any atom is -0.372 e. The van der Waals surface area contributed by atoms with Gasteiger partial charge in [0.1, 0.15) is 0 Å². The maximum atomic E-state index is 4.40. The van der Waals surface area contributed by atoms with Gasteiger partial charge in [-0.15, -0.1) is 0 Å². The fraction of sp³-hybridized carbons (Fsp3) is 0.286. The van der Waals surface area contributed by atoms with Crippen molar-refractivity contribution in [1.29, 1.82) is 0 Å². The molecule has 1 saturated heterocycles. The van der Waals surface area contributed by atoms with Crippen LogP contribution >= 0.6 is 0 Å². The van der Waals surface area contributed by atoms with Gasteiger partial charge in [-0.1, -0.05) is 42.5 Å². The van der Waals surface area contributed by atoms with E-state index in [0.717, 1.165) is 13.1 Å². The van der Waals surface area contributed by atoms with Crippen LogP contribution in [0.25, 0.3) is 11.3 Å². The summed E-state index contributed by atoms with van der Waals surface area (Å²) in [6.45, 7) is 2.27.